The third-order valence-electron chi connectivity index (χ3n) is 10.9. The Morgan fingerprint density at radius 3 is 1.59 bits per heavy atom. The van der Waals surface area contributed by atoms with E-state index in [-0.39, 0.29) is 32.1 Å². The first-order valence-corrected chi connectivity index (χ1v) is 26.5. The SMILES string of the molecule is CCCCC/C=C\C/C=C\C/C=C\CC(O)C(O)CCCC(=O)O[C@H](COC(=O)CCCCCCCCCCCCCCCCCCCCC(C)C)COP(=O)(O)OC[C@@H](O)CO. The Balaban J connectivity index is 4.38. The van der Waals surface area contributed by atoms with Gasteiger partial charge in [0.05, 0.1) is 32.0 Å². The van der Waals surface area contributed by atoms with Gasteiger partial charge in [-0.2, -0.15) is 0 Å². The molecule has 0 rings (SSSR count). The molecule has 3 unspecified atom stereocenters. The molecule has 12 nitrogen and oxygen atoms in total. The van der Waals surface area contributed by atoms with Gasteiger partial charge < -0.3 is 34.8 Å². The van der Waals surface area contributed by atoms with Crippen LogP contribution >= 0.6 is 7.82 Å². The van der Waals surface area contributed by atoms with E-state index in [4.69, 9.17) is 19.1 Å². The van der Waals surface area contributed by atoms with Crippen molar-refractivity contribution in [3.8, 4) is 0 Å². The van der Waals surface area contributed by atoms with Crippen LogP contribution in [0.3, 0.4) is 0 Å². The molecule has 0 radical (unpaired) electrons. The average Bonchev–Trinajstić information content (AvgIpc) is 3.25. The first-order valence-electron chi connectivity index (χ1n) is 25.0. The lowest BCUT2D eigenvalue weighted by atomic mass is 10.0. The highest BCUT2D eigenvalue weighted by molar-refractivity contribution is 7.47. The van der Waals surface area contributed by atoms with Crippen LogP contribution in [-0.2, 0) is 32.7 Å². The number of allylic oxidation sites excluding steroid dienone is 5. The van der Waals surface area contributed by atoms with Crippen molar-refractivity contribution in [1.29, 1.82) is 0 Å². The zero-order valence-corrected chi connectivity index (χ0v) is 40.8. The average molecular weight is 917 g/mol. The van der Waals surface area contributed by atoms with Crippen molar-refractivity contribution in [3.63, 3.8) is 0 Å². The minimum atomic E-state index is -4.70. The molecule has 0 aliphatic rings. The van der Waals surface area contributed by atoms with Crippen molar-refractivity contribution in [2.24, 2.45) is 5.92 Å². The molecule has 5 N–H and O–H groups in total. The molecule has 0 aromatic rings. The Kier molecular flexibility index (Phi) is 42.7. The van der Waals surface area contributed by atoms with Gasteiger partial charge in [-0.1, -0.05) is 186 Å². The van der Waals surface area contributed by atoms with Crippen LogP contribution in [0.5, 0.6) is 0 Å². The van der Waals surface area contributed by atoms with E-state index in [9.17, 15) is 34.4 Å². The first-order chi connectivity index (χ1) is 30.4. The van der Waals surface area contributed by atoms with Crippen LogP contribution in [0.25, 0.3) is 0 Å². The van der Waals surface area contributed by atoms with Crippen molar-refractivity contribution in [3.05, 3.63) is 36.5 Å². The number of aliphatic hydroxyl groups excluding tert-OH is 4. The Labute approximate surface area is 383 Å². The summed E-state index contributed by atoms with van der Waals surface area (Å²) in [7, 11) is -4.70. The lowest BCUT2D eigenvalue weighted by Gasteiger charge is -2.20. The van der Waals surface area contributed by atoms with E-state index in [1.165, 1.54) is 116 Å². The third-order valence-corrected chi connectivity index (χ3v) is 11.9. The number of carbonyl (C=O) groups is 2. The van der Waals surface area contributed by atoms with Crippen LogP contribution in [0.1, 0.15) is 213 Å². The van der Waals surface area contributed by atoms with Gasteiger partial charge >= 0.3 is 19.8 Å². The van der Waals surface area contributed by atoms with Gasteiger partial charge in [-0.3, -0.25) is 18.6 Å². The smallest absolute Gasteiger partial charge is 0.462 e. The van der Waals surface area contributed by atoms with Gasteiger partial charge in [-0.05, 0) is 57.3 Å². The Bertz CT molecular complexity index is 1190. The number of esters is 2. The number of carbonyl (C=O) groups excluding carboxylic acids is 2. The molecule has 370 valence electrons. The van der Waals surface area contributed by atoms with E-state index >= 15 is 0 Å². The number of unbranched alkanes of at least 4 members (excludes halogenated alkanes) is 20. The summed E-state index contributed by atoms with van der Waals surface area (Å²) in [6.07, 6.45) is 38.5. The normalized spacial score (nSPS) is 15.1. The van der Waals surface area contributed by atoms with E-state index in [1.54, 1.807) is 0 Å². The fraction of sp³-hybridized carbons (Fsp3) is 0.840. The molecule has 0 aliphatic heterocycles. The zero-order chi connectivity index (χ0) is 46.7. The highest BCUT2D eigenvalue weighted by atomic mass is 31.2. The number of aliphatic hydroxyl groups is 4. The summed E-state index contributed by atoms with van der Waals surface area (Å²) in [5.41, 5.74) is 0. The number of phosphoric acid groups is 1. The zero-order valence-electron chi connectivity index (χ0n) is 39.9. The molecule has 0 aliphatic carbocycles. The number of phosphoric ester groups is 1. The van der Waals surface area contributed by atoms with Crippen LogP contribution in [0, 0.1) is 5.92 Å². The molecule has 0 saturated carbocycles. The summed E-state index contributed by atoms with van der Waals surface area (Å²) in [6, 6.07) is 0. The van der Waals surface area contributed by atoms with Crippen molar-refractivity contribution in [2.45, 2.75) is 238 Å². The highest BCUT2D eigenvalue weighted by Gasteiger charge is 2.27. The number of hydrogen-bond acceptors (Lipinski definition) is 11. The Morgan fingerprint density at radius 2 is 1.05 bits per heavy atom. The summed E-state index contributed by atoms with van der Waals surface area (Å²) in [5.74, 6) is -0.368. The van der Waals surface area contributed by atoms with Crippen LogP contribution in [0.15, 0.2) is 36.5 Å². The van der Waals surface area contributed by atoms with Gasteiger partial charge in [0, 0.05) is 12.8 Å². The largest absolute Gasteiger partial charge is 0.472 e. The summed E-state index contributed by atoms with van der Waals surface area (Å²) in [4.78, 5) is 35.2. The molecule has 0 heterocycles. The van der Waals surface area contributed by atoms with Crippen molar-refractivity contribution in [2.75, 3.05) is 26.4 Å². The second kappa shape index (κ2) is 44.0. The van der Waals surface area contributed by atoms with Crippen molar-refractivity contribution in [1.82, 2.24) is 0 Å². The van der Waals surface area contributed by atoms with E-state index in [2.05, 4.69) is 49.6 Å². The van der Waals surface area contributed by atoms with Crippen molar-refractivity contribution >= 4 is 19.8 Å². The van der Waals surface area contributed by atoms with Crippen molar-refractivity contribution < 1.29 is 58.0 Å². The second-order valence-corrected chi connectivity index (χ2v) is 19.1. The summed E-state index contributed by atoms with van der Waals surface area (Å²) >= 11 is 0. The highest BCUT2D eigenvalue weighted by Crippen LogP contribution is 2.43. The lowest BCUT2D eigenvalue weighted by Crippen LogP contribution is -2.30. The molecule has 63 heavy (non-hydrogen) atoms. The topological polar surface area (TPSA) is 189 Å². The van der Waals surface area contributed by atoms with E-state index < -0.39 is 70.6 Å². The van der Waals surface area contributed by atoms with Gasteiger partial charge in [0.15, 0.2) is 6.10 Å². The number of ether oxygens (including phenoxy) is 2. The predicted molar refractivity (Wildman–Crippen MR) is 254 cm³/mol. The maximum atomic E-state index is 12.7. The second-order valence-electron chi connectivity index (χ2n) is 17.6. The van der Waals surface area contributed by atoms with Gasteiger partial charge in [0.25, 0.3) is 0 Å². The molecule has 13 heteroatoms. The monoisotopic (exact) mass is 917 g/mol. The fourth-order valence-corrected chi connectivity index (χ4v) is 7.72. The van der Waals surface area contributed by atoms with Gasteiger partial charge in [-0.15, -0.1) is 0 Å². The minimum absolute atomic E-state index is 0.128. The van der Waals surface area contributed by atoms with Gasteiger partial charge in [0.2, 0.25) is 0 Å². The van der Waals surface area contributed by atoms with Crippen LogP contribution in [-0.4, -0.2) is 88.1 Å². The first kappa shape index (κ1) is 61.1. The molecule has 0 spiro atoms. The molecule has 0 aromatic heterocycles. The summed E-state index contributed by atoms with van der Waals surface area (Å²) < 4.78 is 32.6. The van der Waals surface area contributed by atoms with Crippen LogP contribution in [0.4, 0.5) is 0 Å². The Morgan fingerprint density at radius 1 is 0.556 bits per heavy atom. The molecule has 0 fully saturated rings. The van der Waals surface area contributed by atoms with Crippen LogP contribution < -0.4 is 0 Å². The number of rotatable bonds is 46. The molecular formula is C50H93O12P. The predicted octanol–water partition coefficient (Wildman–Crippen LogP) is 11.7. The van der Waals surface area contributed by atoms with Gasteiger partial charge in [-0.25, -0.2) is 4.57 Å². The standard InChI is InChI=1S/C50H93O12P/c1-4-5-6-7-8-9-10-20-23-26-29-32-36-47(53)48(54)37-34-39-50(56)62-46(43-61-63(57,58)60-41-45(52)40-51)42-59-49(55)38-33-30-27-24-21-18-16-14-12-11-13-15-17-19-22-25-28-31-35-44(2)3/h8-9,20,23,29,32,44-48,51-54H,4-7,10-19,21-22,24-28,30-31,33-43H2,1-3H3,(H,57,58)/b9-8-,23-20-,32-29-/t45-,46+,47?,48?/m0/s1. The molecule has 0 amide bonds. The summed E-state index contributed by atoms with van der Waals surface area (Å²) in [5, 5.41) is 39.1. The maximum Gasteiger partial charge on any atom is 0.472 e. The van der Waals surface area contributed by atoms with Crippen LogP contribution in [0.2, 0.25) is 0 Å². The molecular weight excluding hydrogens is 824 g/mol. The lowest BCUT2D eigenvalue weighted by molar-refractivity contribution is -0.161. The van der Waals surface area contributed by atoms with E-state index in [1.807, 2.05) is 12.2 Å². The maximum absolute atomic E-state index is 12.7. The fourth-order valence-electron chi connectivity index (χ4n) is 6.93. The Hall–Kier alpha value is -1.89. The van der Waals surface area contributed by atoms with E-state index in [0.29, 0.717) is 6.42 Å². The third kappa shape index (κ3) is 43.8. The summed E-state index contributed by atoms with van der Waals surface area (Å²) in [6.45, 7) is 4.40. The quantitative estimate of drug-likeness (QED) is 0.0168. The molecule has 0 saturated heterocycles. The molecule has 5 atom stereocenters. The number of hydrogen-bond donors (Lipinski definition) is 5. The molecule has 0 bridgehead atoms. The minimum Gasteiger partial charge on any atom is -0.462 e. The van der Waals surface area contributed by atoms with E-state index in [0.717, 1.165) is 44.4 Å². The molecule has 0 aromatic carbocycles. The van der Waals surface area contributed by atoms with Gasteiger partial charge in [0.1, 0.15) is 12.7 Å².